The molecule has 0 aliphatic carbocycles. The Balaban J connectivity index is 1.80. The molecule has 0 saturated carbocycles. The van der Waals surface area contributed by atoms with Gasteiger partial charge in [0.25, 0.3) is 0 Å². The summed E-state index contributed by atoms with van der Waals surface area (Å²) in [6.45, 7) is 9.38. The first-order valence-corrected chi connectivity index (χ1v) is 8.39. The lowest BCUT2D eigenvalue weighted by atomic mass is 10.2. The van der Waals surface area contributed by atoms with Crippen molar-refractivity contribution in [3.05, 3.63) is 28.2 Å². The Bertz CT molecular complexity index is 425. The normalized spacial score (nSPS) is 19.4. The summed E-state index contributed by atoms with van der Waals surface area (Å²) >= 11 is 3.57. The molecule has 1 aliphatic heterocycles. The lowest BCUT2D eigenvalue weighted by Crippen LogP contribution is -2.37. The highest BCUT2D eigenvalue weighted by molar-refractivity contribution is 9.10. The van der Waals surface area contributed by atoms with Gasteiger partial charge in [0.15, 0.2) is 0 Å². The summed E-state index contributed by atoms with van der Waals surface area (Å²) in [4.78, 5) is 2.57. The van der Waals surface area contributed by atoms with E-state index in [4.69, 9.17) is 4.74 Å². The number of hydrogen-bond acceptors (Lipinski definition) is 3. The maximum absolute atomic E-state index is 5.53. The molecule has 0 bridgehead atoms. The van der Waals surface area contributed by atoms with Crippen LogP contribution in [0.15, 0.2) is 22.7 Å². The molecule has 1 aliphatic rings. The fourth-order valence-electron chi connectivity index (χ4n) is 2.85. The second kappa shape index (κ2) is 8.01. The predicted octanol–water partition coefficient (Wildman–Crippen LogP) is 3.42. The van der Waals surface area contributed by atoms with E-state index in [0.717, 1.165) is 23.3 Å². The molecule has 20 heavy (non-hydrogen) atoms. The molecule has 1 aromatic rings. The zero-order valence-corrected chi connectivity index (χ0v) is 14.1. The number of likely N-dealkylation sites (N-methyl/N-ethyl adjacent to an activating group) is 1. The summed E-state index contributed by atoms with van der Waals surface area (Å²) in [5, 5.41) is 3.58. The third kappa shape index (κ3) is 4.21. The van der Waals surface area contributed by atoms with Gasteiger partial charge in [-0.25, -0.2) is 0 Å². The van der Waals surface area contributed by atoms with Gasteiger partial charge in [-0.3, -0.25) is 4.90 Å². The number of halogens is 1. The van der Waals surface area contributed by atoms with Gasteiger partial charge in [-0.1, -0.05) is 13.0 Å². The van der Waals surface area contributed by atoms with Crippen LogP contribution in [-0.2, 0) is 6.54 Å². The first-order chi connectivity index (χ1) is 9.74. The summed E-state index contributed by atoms with van der Waals surface area (Å²) < 4.78 is 6.57. The fourth-order valence-corrected chi connectivity index (χ4v) is 3.39. The molecular weight excluding hydrogens is 316 g/mol. The average Bonchev–Trinajstić information content (AvgIpc) is 2.89. The smallest absolute Gasteiger partial charge is 0.133 e. The van der Waals surface area contributed by atoms with Crippen LogP contribution in [0.1, 0.15) is 32.3 Å². The van der Waals surface area contributed by atoms with Crippen LogP contribution in [-0.4, -0.2) is 37.2 Å². The summed E-state index contributed by atoms with van der Waals surface area (Å²) in [7, 11) is 0. The van der Waals surface area contributed by atoms with Gasteiger partial charge >= 0.3 is 0 Å². The lowest BCUT2D eigenvalue weighted by molar-refractivity contribution is 0.260. The Labute approximate surface area is 130 Å². The average molecular weight is 341 g/mol. The molecule has 1 unspecified atom stereocenters. The Morgan fingerprint density at radius 3 is 2.95 bits per heavy atom. The van der Waals surface area contributed by atoms with Gasteiger partial charge in [-0.15, -0.1) is 0 Å². The highest BCUT2D eigenvalue weighted by Gasteiger charge is 2.21. The minimum Gasteiger partial charge on any atom is -0.493 e. The molecule has 3 nitrogen and oxygen atoms in total. The van der Waals surface area contributed by atoms with Crippen LogP contribution in [0.5, 0.6) is 5.75 Å². The number of hydrogen-bond donors (Lipinski definition) is 1. The maximum atomic E-state index is 5.53. The predicted molar refractivity (Wildman–Crippen MR) is 87.3 cm³/mol. The third-order valence-corrected chi connectivity index (χ3v) is 4.53. The summed E-state index contributed by atoms with van der Waals surface area (Å²) in [6, 6.07) is 7.03. The van der Waals surface area contributed by atoms with Crippen molar-refractivity contribution in [1.29, 1.82) is 0 Å². The minimum atomic E-state index is 0.699. The molecule has 1 aromatic carbocycles. The van der Waals surface area contributed by atoms with Crippen LogP contribution in [0.25, 0.3) is 0 Å². The number of rotatable bonds is 7. The van der Waals surface area contributed by atoms with Crippen molar-refractivity contribution in [2.24, 2.45) is 0 Å². The quantitative estimate of drug-likeness (QED) is 0.822. The van der Waals surface area contributed by atoms with Crippen LogP contribution in [0.3, 0.4) is 0 Å². The number of ether oxygens (including phenoxy) is 1. The topological polar surface area (TPSA) is 24.5 Å². The molecule has 112 valence electrons. The molecule has 0 amide bonds. The number of likely N-dealkylation sites (tertiary alicyclic amines) is 1. The first-order valence-electron chi connectivity index (χ1n) is 7.60. The fraction of sp³-hybridized carbons (Fsp3) is 0.625. The maximum Gasteiger partial charge on any atom is 0.133 e. The first kappa shape index (κ1) is 15.8. The highest BCUT2D eigenvalue weighted by Crippen LogP contribution is 2.26. The molecule has 1 fully saturated rings. The van der Waals surface area contributed by atoms with E-state index >= 15 is 0 Å². The van der Waals surface area contributed by atoms with Gasteiger partial charge < -0.3 is 10.1 Å². The summed E-state index contributed by atoms with van der Waals surface area (Å²) in [6.07, 6.45) is 2.67. The van der Waals surface area contributed by atoms with Gasteiger partial charge in [0, 0.05) is 19.1 Å². The monoisotopic (exact) mass is 340 g/mol. The molecule has 1 atom stereocenters. The molecule has 1 saturated heterocycles. The van der Waals surface area contributed by atoms with E-state index < -0.39 is 0 Å². The van der Waals surface area contributed by atoms with Crippen molar-refractivity contribution in [2.75, 3.05) is 26.2 Å². The van der Waals surface area contributed by atoms with Crippen LogP contribution in [0.4, 0.5) is 0 Å². The number of nitrogens with zero attached hydrogens (tertiary/aromatic N) is 1. The Morgan fingerprint density at radius 1 is 1.40 bits per heavy atom. The standard InChI is InChI=1S/C16H25BrN2O/c1-3-19-9-5-6-14(19)12-18-11-13-7-8-16(20-4-2)15(17)10-13/h7-8,10,14,18H,3-6,9,11-12H2,1-2H3. The molecule has 0 spiro atoms. The van der Waals surface area contributed by atoms with Crippen molar-refractivity contribution in [3.8, 4) is 5.75 Å². The van der Waals surface area contributed by atoms with Crippen molar-refractivity contribution >= 4 is 15.9 Å². The van der Waals surface area contributed by atoms with Gasteiger partial charge in [-0.05, 0) is 66.5 Å². The van der Waals surface area contributed by atoms with Gasteiger partial charge in [0.05, 0.1) is 11.1 Å². The highest BCUT2D eigenvalue weighted by atomic mass is 79.9. The molecule has 1 heterocycles. The largest absolute Gasteiger partial charge is 0.493 e. The summed E-state index contributed by atoms with van der Waals surface area (Å²) in [5.41, 5.74) is 1.29. The molecule has 0 aromatic heterocycles. The molecular formula is C16H25BrN2O. The van der Waals surface area contributed by atoms with Gasteiger partial charge in [-0.2, -0.15) is 0 Å². The second-order valence-electron chi connectivity index (χ2n) is 5.25. The Morgan fingerprint density at radius 2 is 2.25 bits per heavy atom. The van der Waals surface area contributed by atoms with E-state index in [1.807, 2.05) is 13.0 Å². The minimum absolute atomic E-state index is 0.699. The van der Waals surface area contributed by atoms with Crippen LogP contribution in [0.2, 0.25) is 0 Å². The van der Waals surface area contributed by atoms with Gasteiger partial charge in [0.2, 0.25) is 0 Å². The number of nitrogens with one attached hydrogen (secondary N) is 1. The van der Waals surface area contributed by atoms with Crippen molar-refractivity contribution in [1.82, 2.24) is 10.2 Å². The van der Waals surface area contributed by atoms with Crippen LogP contribution in [0, 0.1) is 0 Å². The van der Waals surface area contributed by atoms with E-state index in [-0.39, 0.29) is 0 Å². The summed E-state index contributed by atoms with van der Waals surface area (Å²) in [5.74, 6) is 0.921. The molecule has 4 heteroatoms. The van der Waals surface area contributed by atoms with E-state index in [0.29, 0.717) is 12.6 Å². The molecule has 1 N–H and O–H groups in total. The van der Waals surface area contributed by atoms with Crippen molar-refractivity contribution < 1.29 is 4.74 Å². The van der Waals surface area contributed by atoms with E-state index in [2.05, 4.69) is 45.2 Å². The lowest BCUT2D eigenvalue weighted by Gasteiger charge is -2.23. The van der Waals surface area contributed by atoms with E-state index in [1.165, 1.54) is 31.5 Å². The van der Waals surface area contributed by atoms with Crippen molar-refractivity contribution in [3.63, 3.8) is 0 Å². The zero-order valence-electron chi connectivity index (χ0n) is 12.5. The third-order valence-electron chi connectivity index (χ3n) is 3.91. The SMILES string of the molecule is CCOc1ccc(CNCC2CCCN2CC)cc1Br. The number of benzene rings is 1. The second-order valence-corrected chi connectivity index (χ2v) is 6.11. The van der Waals surface area contributed by atoms with E-state index in [1.54, 1.807) is 0 Å². The van der Waals surface area contributed by atoms with Crippen LogP contribution >= 0.6 is 15.9 Å². The Kier molecular flexibility index (Phi) is 6.33. The Hall–Kier alpha value is -0.580. The van der Waals surface area contributed by atoms with E-state index in [9.17, 15) is 0 Å². The molecule has 0 radical (unpaired) electrons. The van der Waals surface area contributed by atoms with Crippen molar-refractivity contribution in [2.45, 2.75) is 39.3 Å². The molecule has 2 rings (SSSR count). The van der Waals surface area contributed by atoms with Gasteiger partial charge in [0.1, 0.15) is 5.75 Å². The van der Waals surface area contributed by atoms with Crippen LogP contribution < -0.4 is 10.1 Å². The zero-order chi connectivity index (χ0) is 14.4.